The lowest BCUT2D eigenvalue weighted by molar-refractivity contribution is -0.121. The van der Waals surface area contributed by atoms with Crippen molar-refractivity contribution < 1.29 is 22.7 Å². The summed E-state index contributed by atoms with van der Waals surface area (Å²) in [5, 5.41) is 12.5. The van der Waals surface area contributed by atoms with E-state index in [-0.39, 0.29) is 36.1 Å². The summed E-state index contributed by atoms with van der Waals surface area (Å²) in [5.74, 6) is -0.489. The van der Waals surface area contributed by atoms with E-state index in [4.69, 9.17) is 0 Å². The number of hydrogen-bond acceptors (Lipinski definition) is 4. The first-order valence-corrected chi connectivity index (χ1v) is 11.2. The first kappa shape index (κ1) is 22.5. The van der Waals surface area contributed by atoms with E-state index in [0.29, 0.717) is 23.1 Å². The van der Waals surface area contributed by atoms with Gasteiger partial charge in [0.15, 0.2) is 0 Å². The largest absolute Gasteiger partial charge is 0.508 e. The summed E-state index contributed by atoms with van der Waals surface area (Å²) >= 11 is 0. The molecular formula is C23H23FN2O4S. The molecule has 0 atom stereocenters. The second-order valence-corrected chi connectivity index (χ2v) is 8.77. The zero-order chi connectivity index (χ0) is 22.3. The molecule has 0 heterocycles. The summed E-state index contributed by atoms with van der Waals surface area (Å²) < 4.78 is 40.8. The van der Waals surface area contributed by atoms with E-state index in [1.165, 1.54) is 30.3 Å². The number of aromatic hydroxyl groups is 1. The molecule has 3 aromatic carbocycles. The average molecular weight is 443 g/mol. The molecule has 0 saturated carbocycles. The molecule has 0 aliphatic heterocycles. The zero-order valence-corrected chi connectivity index (χ0v) is 17.5. The monoisotopic (exact) mass is 442 g/mol. The molecular weight excluding hydrogens is 419 g/mol. The molecule has 0 unspecified atom stereocenters. The van der Waals surface area contributed by atoms with Crippen LogP contribution >= 0.6 is 0 Å². The summed E-state index contributed by atoms with van der Waals surface area (Å²) in [6, 6.07) is 18.8. The summed E-state index contributed by atoms with van der Waals surface area (Å²) in [6.45, 7) is 0.139. The number of para-hydroxylation sites is 1. The lowest BCUT2D eigenvalue weighted by Gasteiger charge is -2.10. The molecule has 0 bridgehead atoms. The Balaban J connectivity index is 1.55. The van der Waals surface area contributed by atoms with Gasteiger partial charge in [-0.3, -0.25) is 4.79 Å². The highest BCUT2D eigenvalue weighted by molar-refractivity contribution is 7.89. The number of hydrogen-bond donors (Lipinski definition) is 3. The van der Waals surface area contributed by atoms with Crippen molar-refractivity contribution in [3.63, 3.8) is 0 Å². The smallest absolute Gasteiger partial charge is 0.240 e. The van der Waals surface area contributed by atoms with Gasteiger partial charge in [0.1, 0.15) is 11.6 Å². The first-order valence-electron chi connectivity index (χ1n) is 9.70. The van der Waals surface area contributed by atoms with E-state index >= 15 is 0 Å². The molecule has 0 fully saturated rings. The quantitative estimate of drug-likeness (QED) is 0.474. The van der Waals surface area contributed by atoms with Gasteiger partial charge in [0.25, 0.3) is 0 Å². The number of carbonyl (C=O) groups excluding carboxylic acids is 1. The van der Waals surface area contributed by atoms with Crippen molar-refractivity contribution in [3.8, 4) is 5.75 Å². The lowest BCUT2D eigenvalue weighted by Crippen LogP contribution is -2.25. The van der Waals surface area contributed by atoms with Gasteiger partial charge in [-0.15, -0.1) is 0 Å². The Labute approximate surface area is 180 Å². The van der Waals surface area contributed by atoms with Crippen molar-refractivity contribution in [1.29, 1.82) is 0 Å². The maximum absolute atomic E-state index is 13.3. The fourth-order valence-corrected chi connectivity index (χ4v) is 4.08. The van der Waals surface area contributed by atoms with E-state index in [1.54, 1.807) is 42.5 Å². The number of halogens is 1. The fourth-order valence-electron chi connectivity index (χ4n) is 2.99. The van der Waals surface area contributed by atoms with Crippen molar-refractivity contribution >= 4 is 15.9 Å². The van der Waals surface area contributed by atoms with Gasteiger partial charge in [-0.05, 0) is 53.4 Å². The molecule has 0 aliphatic rings. The van der Waals surface area contributed by atoms with Crippen molar-refractivity contribution in [1.82, 2.24) is 10.0 Å². The molecule has 3 rings (SSSR count). The minimum absolute atomic E-state index is 0.0343. The van der Waals surface area contributed by atoms with E-state index in [1.807, 2.05) is 0 Å². The molecule has 8 heteroatoms. The van der Waals surface area contributed by atoms with Gasteiger partial charge in [0.05, 0.1) is 4.90 Å². The van der Waals surface area contributed by atoms with Crippen LogP contribution in [0.4, 0.5) is 4.39 Å². The van der Waals surface area contributed by atoms with E-state index in [9.17, 15) is 22.7 Å². The normalized spacial score (nSPS) is 11.3. The Hall–Kier alpha value is -3.23. The molecule has 3 N–H and O–H groups in total. The third kappa shape index (κ3) is 6.63. The van der Waals surface area contributed by atoms with Gasteiger partial charge in [0, 0.05) is 19.5 Å². The van der Waals surface area contributed by atoms with Crippen LogP contribution in [0.25, 0.3) is 0 Å². The molecule has 0 aromatic heterocycles. The Morgan fingerprint density at radius 3 is 2.35 bits per heavy atom. The topological polar surface area (TPSA) is 95.5 Å². The lowest BCUT2D eigenvalue weighted by atomic mass is 10.1. The molecule has 0 radical (unpaired) electrons. The SMILES string of the molecule is O=C(CCc1ccccc1O)NCc1cccc(S(=O)(=O)NCc2cccc(F)c2)c1. The van der Waals surface area contributed by atoms with Gasteiger partial charge in [-0.1, -0.05) is 42.5 Å². The van der Waals surface area contributed by atoms with Crippen LogP contribution in [0, 0.1) is 5.82 Å². The molecule has 31 heavy (non-hydrogen) atoms. The number of phenols is 1. The van der Waals surface area contributed by atoms with Crippen LogP contribution in [0.15, 0.2) is 77.7 Å². The summed E-state index contributed by atoms with van der Waals surface area (Å²) in [6.07, 6.45) is 0.599. The second-order valence-electron chi connectivity index (χ2n) is 7.01. The molecule has 6 nitrogen and oxygen atoms in total. The summed E-state index contributed by atoms with van der Waals surface area (Å²) in [7, 11) is -3.80. The molecule has 162 valence electrons. The first-order chi connectivity index (χ1) is 14.8. The van der Waals surface area contributed by atoms with Crippen molar-refractivity contribution in [2.45, 2.75) is 30.8 Å². The molecule has 3 aromatic rings. The standard InChI is InChI=1S/C23H23FN2O4S/c24-20-8-3-5-17(13-20)16-26-31(29,30)21-9-4-6-18(14-21)15-25-23(28)12-11-19-7-1-2-10-22(19)27/h1-10,13-14,26-27H,11-12,15-16H2,(H,25,28). The van der Waals surface area contributed by atoms with E-state index in [0.717, 1.165) is 0 Å². The van der Waals surface area contributed by atoms with Crippen LogP contribution in [0.5, 0.6) is 5.75 Å². The molecule has 0 aliphatic carbocycles. The maximum atomic E-state index is 13.3. The van der Waals surface area contributed by atoms with Gasteiger partial charge in [0.2, 0.25) is 15.9 Å². The summed E-state index contributed by atoms with van der Waals surface area (Å²) in [5.41, 5.74) is 1.83. The number of amides is 1. The highest BCUT2D eigenvalue weighted by Crippen LogP contribution is 2.17. The fraction of sp³-hybridized carbons (Fsp3) is 0.174. The molecule has 0 spiro atoms. The predicted molar refractivity (Wildman–Crippen MR) is 115 cm³/mol. The maximum Gasteiger partial charge on any atom is 0.240 e. The van der Waals surface area contributed by atoms with Crippen LogP contribution in [0.2, 0.25) is 0 Å². The minimum Gasteiger partial charge on any atom is -0.508 e. The third-order valence-corrected chi connectivity index (χ3v) is 6.07. The zero-order valence-electron chi connectivity index (χ0n) is 16.7. The predicted octanol–water partition coefficient (Wildman–Crippen LogP) is 3.26. The Kier molecular flexibility index (Phi) is 7.38. The van der Waals surface area contributed by atoms with E-state index in [2.05, 4.69) is 10.0 Å². The van der Waals surface area contributed by atoms with Crippen LogP contribution in [-0.4, -0.2) is 19.4 Å². The van der Waals surface area contributed by atoms with Gasteiger partial charge in [-0.2, -0.15) is 0 Å². The Bertz CT molecular complexity index is 1170. The van der Waals surface area contributed by atoms with Crippen molar-refractivity contribution in [2.75, 3.05) is 0 Å². The highest BCUT2D eigenvalue weighted by atomic mass is 32.2. The minimum atomic E-state index is -3.80. The van der Waals surface area contributed by atoms with Crippen LogP contribution < -0.4 is 10.0 Å². The number of rotatable bonds is 9. The third-order valence-electron chi connectivity index (χ3n) is 4.67. The van der Waals surface area contributed by atoms with E-state index < -0.39 is 15.8 Å². The van der Waals surface area contributed by atoms with Crippen molar-refractivity contribution in [2.24, 2.45) is 0 Å². The molecule has 0 saturated heterocycles. The number of sulfonamides is 1. The van der Waals surface area contributed by atoms with Crippen LogP contribution in [-0.2, 0) is 34.3 Å². The Morgan fingerprint density at radius 1 is 0.903 bits per heavy atom. The number of nitrogens with one attached hydrogen (secondary N) is 2. The van der Waals surface area contributed by atoms with Gasteiger partial charge < -0.3 is 10.4 Å². The molecule has 1 amide bonds. The van der Waals surface area contributed by atoms with Gasteiger partial charge in [-0.25, -0.2) is 17.5 Å². The highest BCUT2D eigenvalue weighted by Gasteiger charge is 2.14. The van der Waals surface area contributed by atoms with Crippen LogP contribution in [0.1, 0.15) is 23.1 Å². The van der Waals surface area contributed by atoms with Crippen molar-refractivity contribution in [3.05, 3.63) is 95.3 Å². The number of aryl methyl sites for hydroxylation is 1. The number of benzene rings is 3. The summed E-state index contributed by atoms with van der Waals surface area (Å²) in [4.78, 5) is 12.2. The number of carbonyl (C=O) groups is 1. The second kappa shape index (κ2) is 10.2. The van der Waals surface area contributed by atoms with Crippen LogP contribution in [0.3, 0.4) is 0 Å². The van der Waals surface area contributed by atoms with Gasteiger partial charge >= 0.3 is 0 Å². The Morgan fingerprint density at radius 2 is 1.61 bits per heavy atom. The average Bonchev–Trinajstić information content (AvgIpc) is 2.76. The number of phenolic OH excluding ortho intramolecular Hbond substituents is 1.